The topological polar surface area (TPSA) is 46.2 Å². The maximum Gasteiger partial charge on any atom is 0.417 e. The van der Waals surface area contributed by atoms with Crippen LogP contribution in [0.1, 0.15) is 18.4 Å². The fourth-order valence-corrected chi connectivity index (χ4v) is 3.54. The molecule has 0 aromatic heterocycles. The van der Waals surface area contributed by atoms with Crippen LogP contribution in [0.2, 0.25) is 0 Å². The monoisotopic (exact) mass is 327 g/mol. The molecule has 0 heterocycles. The molecule has 1 aromatic rings. The third-order valence-corrected chi connectivity index (χ3v) is 5.39. The van der Waals surface area contributed by atoms with Gasteiger partial charge in [0, 0.05) is 12.4 Å². The lowest BCUT2D eigenvalue weighted by Crippen LogP contribution is -2.32. The van der Waals surface area contributed by atoms with E-state index in [1.54, 1.807) is 0 Å². The molecule has 1 N–H and O–H groups in total. The molecule has 0 radical (unpaired) electrons. The Balaban J connectivity index is 2.26. The van der Waals surface area contributed by atoms with Crippen LogP contribution in [0.15, 0.2) is 29.2 Å². The third kappa shape index (κ3) is 3.27. The molecule has 0 unspecified atom stereocenters. The molecule has 1 aromatic carbocycles. The van der Waals surface area contributed by atoms with E-state index < -0.39 is 26.7 Å². The van der Waals surface area contributed by atoms with Crippen molar-refractivity contribution < 1.29 is 21.6 Å². The summed E-state index contributed by atoms with van der Waals surface area (Å²) in [6, 6.07) is 4.12. The zero-order valence-electron chi connectivity index (χ0n) is 10.4. The highest BCUT2D eigenvalue weighted by atomic mass is 35.5. The van der Waals surface area contributed by atoms with E-state index in [-0.39, 0.29) is 17.8 Å². The Hall–Kier alpha value is -0.790. The zero-order chi connectivity index (χ0) is 15.0. The first kappa shape index (κ1) is 15.6. The van der Waals surface area contributed by atoms with Gasteiger partial charge in [-0.25, -0.2) is 13.1 Å². The summed E-state index contributed by atoms with van der Waals surface area (Å²) in [5, 5.41) is 0. The molecule has 8 heteroatoms. The molecule has 0 saturated heterocycles. The minimum atomic E-state index is -4.71. The van der Waals surface area contributed by atoms with Crippen molar-refractivity contribution in [2.45, 2.75) is 23.9 Å². The minimum absolute atomic E-state index is 0.0605. The van der Waals surface area contributed by atoms with Gasteiger partial charge in [0.15, 0.2) is 0 Å². The summed E-state index contributed by atoms with van der Waals surface area (Å²) in [5.74, 6) is 0.288. The highest BCUT2D eigenvalue weighted by Gasteiger charge is 2.43. The largest absolute Gasteiger partial charge is 0.417 e. The molecule has 0 bridgehead atoms. The van der Waals surface area contributed by atoms with Gasteiger partial charge < -0.3 is 0 Å². The molecule has 1 aliphatic rings. The second-order valence-electron chi connectivity index (χ2n) is 4.95. The predicted molar refractivity (Wildman–Crippen MR) is 69.0 cm³/mol. The van der Waals surface area contributed by atoms with Crippen molar-refractivity contribution in [3.05, 3.63) is 29.8 Å². The third-order valence-electron chi connectivity index (χ3n) is 3.36. The first-order chi connectivity index (χ1) is 9.20. The van der Waals surface area contributed by atoms with Gasteiger partial charge in [-0.05, 0) is 30.4 Å². The Kier molecular flexibility index (Phi) is 4.05. The Morgan fingerprint density at radius 3 is 2.35 bits per heavy atom. The van der Waals surface area contributed by atoms with Crippen LogP contribution in [-0.2, 0) is 16.2 Å². The minimum Gasteiger partial charge on any atom is -0.211 e. The predicted octanol–water partition coefficient (Wildman–Crippen LogP) is 3.00. The van der Waals surface area contributed by atoms with Crippen molar-refractivity contribution in [1.82, 2.24) is 4.72 Å². The van der Waals surface area contributed by atoms with Crippen LogP contribution in [0.4, 0.5) is 13.2 Å². The van der Waals surface area contributed by atoms with Crippen LogP contribution in [0.3, 0.4) is 0 Å². The standard InChI is InChI=1S/C12H13ClF3NO2S/c13-7-11(5-6-11)8-17-20(18,19)10-4-2-1-3-9(10)12(14,15)16/h1-4,17H,5-8H2. The number of nitrogens with one attached hydrogen (secondary N) is 1. The van der Waals surface area contributed by atoms with Gasteiger partial charge in [0.25, 0.3) is 0 Å². The molecular weight excluding hydrogens is 315 g/mol. The van der Waals surface area contributed by atoms with E-state index in [0.29, 0.717) is 0 Å². The van der Waals surface area contributed by atoms with Crippen LogP contribution in [-0.4, -0.2) is 20.8 Å². The quantitative estimate of drug-likeness (QED) is 0.845. The Labute approximate surface area is 120 Å². The van der Waals surface area contributed by atoms with E-state index in [1.165, 1.54) is 6.07 Å². The van der Waals surface area contributed by atoms with Crippen LogP contribution < -0.4 is 4.72 Å². The van der Waals surface area contributed by atoms with Gasteiger partial charge >= 0.3 is 6.18 Å². The van der Waals surface area contributed by atoms with E-state index in [4.69, 9.17) is 11.6 Å². The molecule has 2 rings (SSSR count). The van der Waals surface area contributed by atoms with Crippen molar-refractivity contribution in [3.8, 4) is 0 Å². The fraction of sp³-hybridized carbons (Fsp3) is 0.500. The lowest BCUT2D eigenvalue weighted by atomic mass is 10.1. The van der Waals surface area contributed by atoms with Gasteiger partial charge in [-0.2, -0.15) is 13.2 Å². The van der Waals surface area contributed by atoms with Crippen LogP contribution in [0, 0.1) is 5.41 Å². The smallest absolute Gasteiger partial charge is 0.211 e. The summed E-state index contributed by atoms with van der Waals surface area (Å²) in [5.41, 5.74) is -1.47. The molecule has 112 valence electrons. The average molecular weight is 328 g/mol. The van der Waals surface area contributed by atoms with Gasteiger partial charge in [0.2, 0.25) is 10.0 Å². The molecular formula is C12H13ClF3NO2S. The number of benzene rings is 1. The molecule has 20 heavy (non-hydrogen) atoms. The van der Waals surface area contributed by atoms with Crippen molar-refractivity contribution in [3.63, 3.8) is 0 Å². The number of alkyl halides is 4. The van der Waals surface area contributed by atoms with Crippen LogP contribution >= 0.6 is 11.6 Å². The van der Waals surface area contributed by atoms with Gasteiger partial charge in [-0.1, -0.05) is 12.1 Å². The van der Waals surface area contributed by atoms with E-state index in [9.17, 15) is 21.6 Å². The summed E-state index contributed by atoms with van der Waals surface area (Å²) in [6.07, 6.45) is -3.16. The Morgan fingerprint density at radius 1 is 1.25 bits per heavy atom. The first-order valence-corrected chi connectivity index (χ1v) is 7.94. The maximum absolute atomic E-state index is 12.8. The summed E-state index contributed by atoms with van der Waals surface area (Å²) in [6.45, 7) is 0.0605. The molecule has 1 saturated carbocycles. The molecule has 3 nitrogen and oxygen atoms in total. The molecule has 0 spiro atoms. The number of hydrogen-bond donors (Lipinski definition) is 1. The fourth-order valence-electron chi connectivity index (χ4n) is 1.80. The number of rotatable bonds is 5. The van der Waals surface area contributed by atoms with E-state index in [2.05, 4.69) is 4.72 Å². The lowest BCUT2D eigenvalue weighted by Gasteiger charge is -2.16. The van der Waals surface area contributed by atoms with Gasteiger partial charge in [-0.15, -0.1) is 11.6 Å². The Bertz CT molecular complexity index is 597. The molecule has 0 aliphatic heterocycles. The molecule has 1 aliphatic carbocycles. The highest BCUT2D eigenvalue weighted by Crippen LogP contribution is 2.46. The van der Waals surface area contributed by atoms with Crippen molar-refractivity contribution in [2.75, 3.05) is 12.4 Å². The first-order valence-electron chi connectivity index (χ1n) is 5.92. The van der Waals surface area contributed by atoms with Crippen molar-refractivity contribution >= 4 is 21.6 Å². The molecule has 0 amide bonds. The van der Waals surface area contributed by atoms with E-state index in [1.807, 2.05) is 0 Å². The Morgan fingerprint density at radius 2 is 1.85 bits per heavy atom. The average Bonchev–Trinajstić information content (AvgIpc) is 3.16. The van der Waals surface area contributed by atoms with Crippen LogP contribution in [0.5, 0.6) is 0 Å². The summed E-state index contributed by atoms with van der Waals surface area (Å²) >= 11 is 5.72. The number of sulfonamides is 1. The van der Waals surface area contributed by atoms with Gasteiger partial charge in [-0.3, -0.25) is 0 Å². The van der Waals surface area contributed by atoms with E-state index >= 15 is 0 Å². The summed E-state index contributed by atoms with van der Waals surface area (Å²) in [7, 11) is -4.21. The van der Waals surface area contributed by atoms with Crippen molar-refractivity contribution in [1.29, 1.82) is 0 Å². The van der Waals surface area contributed by atoms with Gasteiger partial charge in [0.1, 0.15) is 0 Å². The second kappa shape index (κ2) is 5.20. The number of halogens is 4. The highest BCUT2D eigenvalue weighted by molar-refractivity contribution is 7.89. The molecule has 1 fully saturated rings. The van der Waals surface area contributed by atoms with E-state index in [0.717, 1.165) is 31.0 Å². The summed E-state index contributed by atoms with van der Waals surface area (Å²) in [4.78, 5) is -0.752. The number of hydrogen-bond acceptors (Lipinski definition) is 2. The van der Waals surface area contributed by atoms with Gasteiger partial charge in [0.05, 0.1) is 10.5 Å². The normalized spacial score (nSPS) is 18.0. The SMILES string of the molecule is O=S(=O)(NCC1(CCl)CC1)c1ccccc1C(F)(F)F. The molecule has 0 atom stereocenters. The second-order valence-corrected chi connectivity index (χ2v) is 6.95. The zero-order valence-corrected chi connectivity index (χ0v) is 11.9. The van der Waals surface area contributed by atoms with Crippen molar-refractivity contribution in [2.24, 2.45) is 5.41 Å². The maximum atomic E-state index is 12.8. The summed E-state index contributed by atoms with van der Waals surface area (Å²) < 4.78 is 64.8. The van der Waals surface area contributed by atoms with Crippen LogP contribution in [0.25, 0.3) is 0 Å². The lowest BCUT2D eigenvalue weighted by molar-refractivity contribution is -0.139.